The molecule has 1 unspecified atom stereocenters. The molecule has 0 spiro atoms. The second-order valence-electron chi connectivity index (χ2n) is 3.55. The van der Waals surface area contributed by atoms with Crippen molar-refractivity contribution in [1.82, 2.24) is 4.98 Å². The maximum Gasteiger partial charge on any atom is 0.332 e. The van der Waals surface area contributed by atoms with Gasteiger partial charge in [-0.05, 0) is 26.0 Å². The number of rotatable bonds is 7. The van der Waals surface area contributed by atoms with Crippen molar-refractivity contribution in [3.8, 4) is 5.75 Å². The summed E-state index contributed by atoms with van der Waals surface area (Å²) >= 11 is 0. The van der Waals surface area contributed by atoms with Gasteiger partial charge >= 0.3 is 5.97 Å². The molecule has 1 aromatic rings. The summed E-state index contributed by atoms with van der Waals surface area (Å²) in [5.74, 6) is -0.325. The molecular weight excluding hydrogens is 222 g/mol. The first kappa shape index (κ1) is 13.4. The van der Waals surface area contributed by atoms with E-state index in [1.807, 2.05) is 13.0 Å². The Balaban J connectivity index is 2.35. The molecule has 1 atom stereocenters. The summed E-state index contributed by atoms with van der Waals surface area (Å²) in [4.78, 5) is 14.9. The molecule has 0 aliphatic heterocycles. The molecule has 0 amide bonds. The average Bonchev–Trinajstić information content (AvgIpc) is 2.30. The number of carboxylic acid groups (broad SMARTS) is 1. The summed E-state index contributed by atoms with van der Waals surface area (Å²) in [6.45, 7) is 4.32. The van der Waals surface area contributed by atoms with Crippen LogP contribution in [0.5, 0.6) is 5.75 Å². The third-order valence-corrected chi connectivity index (χ3v) is 2.18. The predicted molar refractivity (Wildman–Crippen MR) is 62.1 cm³/mol. The average molecular weight is 239 g/mol. The number of aryl methyl sites for hydroxylation is 1. The van der Waals surface area contributed by atoms with Gasteiger partial charge in [0.2, 0.25) is 0 Å². The highest BCUT2D eigenvalue weighted by Crippen LogP contribution is 2.09. The fraction of sp³-hybridized carbons (Fsp3) is 0.500. The number of pyridine rings is 1. The predicted octanol–water partition coefficient (Wildman–Crippen LogP) is 1.65. The molecule has 0 radical (unpaired) electrons. The molecule has 1 heterocycles. The van der Waals surface area contributed by atoms with Crippen LogP contribution in [0.1, 0.15) is 19.0 Å². The van der Waals surface area contributed by atoms with Crippen LogP contribution in [-0.4, -0.2) is 35.4 Å². The van der Waals surface area contributed by atoms with E-state index in [4.69, 9.17) is 14.6 Å². The second-order valence-corrected chi connectivity index (χ2v) is 3.55. The van der Waals surface area contributed by atoms with Gasteiger partial charge in [-0.25, -0.2) is 4.79 Å². The van der Waals surface area contributed by atoms with E-state index in [1.165, 1.54) is 0 Å². The van der Waals surface area contributed by atoms with Crippen LogP contribution in [0.2, 0.25) is 0 Å². The summed E-state index contributed by atoms with van der Waals surface area (Å²) in [7, 11) is 0. The van der Waals surface area contributed by atoms with Crippen molar-refractivity contribution in [3.05, 3.63) is 24.0 Å². The van der Waals surface area contributed by atoms with E-state index in [1.54, 1.807) is 19.2 Å². The van der Waals surface area contributed by atoms with Crippen LogP contribution in [0.25, 0.3) is 0 Å². The Bertz CT molecular complexity index is 350. The van der Waals surface area contributed by atoms with Gasteiger partial charge in [0.05, 0.1) is 12.8 Å². The van der Waals surface area contributed by atoms with Gasteiger partial charge < -0.3 is 14.6 Å². The first-order chi connectivity index (χ1) is 8.13. The molecule has 0 aliphatic carbocycles. The Kier molecular flexibility index (Phi) is 5.42. The number of hydrogen-bond acceptors (Lipinski definition) is 4. The number of nitrogens with zero attached hydrogens (tertiary/aromatic N) is 1. The minimum absolute atomic E-state index is 0.293. The standard InChI is InChI=1S/C12H17NO4/c1-3-16-11(12(14)15)6-7-17-10-5-4-9(2)13-8-10/h4-5,8,11H,3,6-7H2,1-2H3,(H,14,15). The SMILES string of the molecule is CCOC(CCOc1ccc(C)nc1)C(=O)O. The van der Waals surface area contributed by atoms with Crippen molar-refractivity contribution in [2.24, 2.45) is 0 Å². The van der Waals surface area contributed by atoms with Gasteiger partial charge in [-0.15, -0.1) is 0 Å². The molecular formula is C12H17NO4. The molecule has 0 aromatic carbocycles. The van der Waals surface area contributed by atoms with Gasteiger partial charge in [-0.2, -0.15) is 0 Å². The minimum atomic E-state index is -0.961. The van der Waals surface area contributed by atoms with E-state index in [-0.39, 0.29) is 0 Å². The summed E-state index contributed by atoms with van der Waals surface area (Å²) < 4.78 is 10.4. The zero-order valence-electron chi connectivity index (χ0n) is 10.0. The number of hydrogen-bond donors (Lipinski definition) is 1. The van der Waals surface area contributed by atoms with Gasteiger partial charge in [0.1, 0.15) is 5.75 Å². The summed E-state index contributed by atoms with van der Waals surface area (Å²) in [5.41, 5.74) is 0.912. The number of ether oxygens (including phenoxy) is 2. The van der Waals surface area contributed by atoms with Crippen molar-refractivity contribution in [2.45, 2.75) is 26.4 Å². The maximum absolute atomic E-state index is 10.8. The highest BCUT2D eigenvalue weighted by atomic mass is 16.5. The van der Waals surface area contributed by atoms with E-state index in [2.05, 4.69) is 4.98 Å². The van der Waals surface area contributed by atoms with Crippen molar-refractivity contribution in [1.29, 1.82) is 0 Å². The Morgan fingerprint density at radius 3 is 2.82 bits per heavy atom. The van der Waals surface area contributed by atoms with Crippen LogP contribution in [-0.2, 0) is 9.53 Å². The zero-order chi connectivity index (χ0) is 12.7. The molecule has 0 aliphatic rings. The molecule has 0 saturated heterocycles. The van der Waals surface area contributed by atoms with Crippen molar-refractivity contribution >= 4 is 5.97 Å². The number of aromatic nitrogens is 1. The van der Waals surface area contributed by atoms with Gasteiger partial charge in [-0.3, -0.25) is 4.98 Å². The van der Waals surface area contributed by atoms with Gasteiger partial charge in [-0.1, -0.05) is 0 Å². The van der Waals surface area contributed by atoms with Crippen LogP contribution in [0, 0.1) is 6.92 Å². The lowest BCUT2D eigenvalue weighted by atomic mass is 10.2. The molecule has 94 valence electrons. The van der Waals surface area contributed by atoms with Crippen molar-refractivity contribution in [3.63, 3.8) is 0 Å². The molecule has 5 heteroatoms. The Hall–Kier alpha value is -1.62. The van der Waals surface area contributed by atoms with Crippen molar-refractivity contribution in [2.75, 3.05) is 13.2 Å². The first-order valence-corrected chi connectivity index (χ1v) is 5.53. The molecule has 0 bridgehead atoms. The smallest absolute Gasteiger partial charge is 0.332 e. The summed E-state index contributed by atoms with van der Waals surface area (Å²) in [6.07, 6.45) is 1.13. The molecule has 0 saturated carbocycles. The fourth-order valence-corrected chi connectivity index (χ4v) is 1.30. The van der Waals surface area contributed by atoms with E-state index >= 15 is 0 Å². The lowest BCUT2D eigenvalue weighted by Gasteiger charge is -2.12. The molecule has 17 heavy (non-hydrogen) atoms. The quantitative estimate of drug-likeness (QED) is 0.783. The molecule has 5 nitrogen and oxygen atoms in total. The highest BCUT2D eigenvalue weighted by Gasteiger charge is 2.16. The number of carbonyl (C=O) groups is 1. The third-order valence-electron chi connectivity index (χ3n) is 2.18. The molecule has 1 aromatic heterocycles. The van der Waals surface area contributed by atoms with Crippen molar-refractivity contribution < 1.29 is 19.4 Å². The van der Waals surface area contributed by atoms with E-state index in [9.17, 15) is 4.79 Å². The van der Waals surface area contributed by atoms with Crippen LogP contribution in [0.4, 0.5) is 0 Å². The fourth-order valence-electron chi connectivity index (χ4n) is 1.30. The zero-order valence-corrected chi connectivity index (χ0v) is 10.0. The van der Waals surface area contributed by atoms with Gasteiger partial charge in [0.15, 0.2) is 6.10 Å². The largest absolute Gasteiger partial charge is 0.492 e. The topological polar surface area (TPSA) is 68.7 Å². The number of aliphatic carboxylic acids is 1. The first-order valence-electron chi connectivity index (χ1n) is 5.53. The monoisotopic (exact) mass is 239 g/mol. The lowest BCUT2D eigenvalue weighted by molar-refractivity contribution is -0.150. The summed E-state index contributed by atoms with van der Waals surface area (Å²) in [6, 6.07) is 3.64. The second kappa shape index (κ2) is 6.85. The Morgan fingerprint density at radius 2 is 2.29 bits per heavy atom. The Morgan fingerprint density at radius 1 is 1.53 bits per heavy atom. The molecule has 1 rings (SSSR count). The molecule has 0 fully saturated rings. The highest BCUT2D eigenvalue weighted by molar-refractivity contribution is 5.72. The maximum atomic E-state index is 10.8. The lowest BCUT2D eigenvalue weighted by Crippen LogP contribution is -2.26. The minimum Gasteiger partial charge on any atom is -0.492 e. The van der Waals surface area contributed by atoms with Crippen LogP contribution >= 0.6 is 0 Å². The van der Waals surface area contributed by atoms with E-state index in [0.717, 1.165) is 5.69 Å². The molecule has 1 N–H and O–H groups in total. The Labute approximate surface area is 100 Å². The number of carboxylic acids is 1. The van der Waals surface area contributed by atoms with E-state index in [0.29, 0.717) is 25.4 Å². The van der Waals surface area contributed by atoms with Gasteiger partial charge in [0, 0.05) is 18.7 Å². The normalized spacial score (nSPS) is 12.1. The van der Waals surface area contributed by atoms with E-state index < -0.39 is 12.1 Å². The summed E-state index contributed by atoms with van der Waals surface area (Å²) in [5, 5.41) is 8.85. The van der Waals surface area contributed by atoms with Gasteiger partial charge in [0.25, 0.3) is 0 Å². The third kappa shape index (κ3) is 4.82. The van der Waals surface area contributed by atoms with Crippen LogP contribution in [0.3, 0.4) is 0 Å². The van der Waals surface area contributed by atoms with Crippen LogP contribution in [0.15, 0.2) is 18.3 Å². The van der Waals surface area contributed by atoms with Crippen LogP contribution < -0.4 is 4.74 Å².